The third kappa shape index (κ3) is 3.08. The summed E-state index contributed by atoms with van der Waals surface area (Å²) in [7, 11) is 0. The molecule has 0 fully saturated rings. The molecule has 3 rings (SSSR count). The first-order chi connectivity index (χ1) is 10.1. The molecule has 1 amide bonds. The van der Waals surface area contributed by atoms with Gasteiger partial charge in [0.05, 0.1) is 0 Å². The Balaban J connectivity index is 1.77. The summed E-state index contributed by atoms with van der Waals surface area (Å²) >= 11 is 3.44. The van der Waals surface area contributed by atoms with Gasteiger partial charge in [0.25, 0.3) is 0 Å². The van der Waals surface area contributed by atoms with Crippen LogP contribution < -0.4 is 11.1 Å². The molecule has 2 aromatic carbocycles. The maximum absolute atomic E-state index is 12.1. The van der Waals surface area contributed by atoms with E-state index >= 15 is 0 Å². The molecule has 0 saturated carbocycles. The quantitative estimate of drug-likeness (QED) is 0.713. The first kappa shape index (κ1) is 13.7. The Morgan fingerprint density at radius 1 is 1.19 bits per heavy atom. The van der Waals surface area contributed by atoms with E-state index in [1.807, 2.05) is 47.2 Å². The van der Waals surface area contributed by atoms with Gasteiger partial charge in [0.2, 0.25) is 5.91 Å². The number of hydrogen-bond donors (Lipinski definition) is 2. The summed E-state index contributed by atoms with van der Waals surface area (Å²) in [6.07, 6.45) is 1.91. The van der Waals surface area contributed by atoms with E-state index in [0.29, 0.717) is 11.4 Å². The average Bonchev–Trinajstić information content (AvgIpc) is 2.81. The van der Waals surface area contributed by atoms with Gasteiger partial charge in [0, 0.05) is 32.9 Å². The molecule has 3 N–H and O–H groups in total. The number of rotatable bonds is 3. The van der Waals surface area contributed by atoms with Gasteiger partial charge in [-0.3, -0.25) is 4.79 Å². The minimum absolute atomic E-state index is 0.0824. The lowest BCUT2D eigenvalue weighted by Gasteiger charge is -2.08. The Bertz CT molecular complexity index is 810. The second-order valence-corrected chi connectivity index (χ2v) is 5.74. The van der Waals surface area contributed by atoms with E-state index in [4.69, 9.17) is 5.73 Å². The summed E-state index contributed by atoms with van der Waals surface area (Å²) in [5, 5.41) is 3.95. The van der Waals surface area contributed by atoms with E-state index in [2.05, 4.69) is 21.2 Å². The molecule has 0 spiro atoms. The Hall–Kier alpha value is -2.27. The fourth-order valence-electron chi connectivity index (χ4n) is 2.28. The van der Waals surface area contributed by atoms with Crippen molar-refractivity contribution < 1.29 is 4.79 Å². The maximum Gasteiger partial charge on any atom is 0.244 e. The van der Waals surface area contributed by atoms with E-state index in [1.54, 1.807) is 12.1 Å². The molecule has 106 valence electrons. The van der Waals surface area contributed by atoms with Crippen molar-refractivity contribution in [2.24, 2.45) is 0 Å². The second-order valence-electron chi connectivity index (χ2n) is 4.82. The monoisotopic (exact) mass is 343 g/mol. The SMILES string of the molecule is Nc1cccc(NC(=O)Cn2ccc3cc(Br)ccc32)c1. The number of nitrogens with two attached hydrogens (primary N) is 1. The van der Waals surface area contributed by atoms with E-state index in [1.165, 1.54) is 0 Å². The van der Waals surface area contributed by atoms with Gasteiger partial charge in [-0.05, 0) is 42.5 Å². The van der Waals surface area contributed by atoms with Crippen LogP contribution in [0.5, 0.6) is 0 Å². The number of anilines is 2. The van der Waals surface area contributed by atoms with Gasteiger partial charge in [0.1, 0.15) is 6.54 Å². The van der Waals surface area contributed by atoms with Crippen LogP contribution in [0.3, 0.4) is 0 Å². The zero-order chi connectivity index (χ0) is 14.8. The fraction of sp³-hybridized carbons (Fsp3) is 0.0625. The number of amides is 1. The van der Waals surface area contributed by atoms with Crippen LogP contribution in [-0.4, -0.2) is 10.5 Å². The minimum atomic E-state index is -0.0824. The number of carbonyl (C=O) groups is 1. The molecule has 0 aliphatic rings. The second kappa shape index (κ2) is 5.61. The Morgan fingerprint density at radius 2 is 2.05 bits per heavy atom. The number of halogens is 1. The topological polar surface area (TPSA) is 60.0 Å². The molecule has 0 unspecified atom stereocenters. The van der Waals surface area contributed by atoms with Crippen molar-refractivity contribution in [1.29, 1.82) is 0 Å². The number of aromatic nitrogens is 1. The van der Waals surface area contributed by atoms with Crippen molar-refractivity contribution in [1.82, 2.24) is 4.57 Å². The minimum Gasteiger partial charge on any atom is -0.399 e. The predicted octanol–water partition coefficient (Wildman–Crippen LogP) is 3.62. The van der Waals surface area contributed by atoms with Gasteiger partial charge in [-0.2, -0.15) is 0 Å². The van der Waals surface area contributed by atoms with Crippen LogP contribution in [-0.2, 0) is 11.3 Å². The van der Waals surface area contributed by atoms with Crippen molar-refractivity contribution >= 4 is 44.1 Å². The molecule has 0 aliphatic heterocycles. The van der Waals surface area contributed by atoms with E-state index in [0.717, 1.165) is 15.4 Å². The zero-order valence-electron chi connectivity index (χ0n) is 11.2. The standard InChI is InChI=1S/C16H14BrN3O/c17-12-4-5-15-11(8-12)6-7-20(15)10-16(21)19-14-3-1-2-13(18)9-14/h1-9H,10,18H2,(H,19,21). The molecule has 0 aliphatic carbocycles. The summed E-state index contributed by atoms with van der Waals surface area (Å²) < 4.78 is 2.95. The fourth-order valence-corrected chi connectivity index (χ4v) is 2.66. The number of nitrogens with zero attached hydrogens (tertiary/aromatic N) is 1. The summed E-state index contributed by atoms with van der Waals surface area (Å²) in [6.45, 7) is 0.264. The average molecular weight is 344 g/mol. The smallest absolute Gasteiger partial charge is 0.244 e. The molecule has 0 atom stereocenters. The van der Waals surface area contributed by atoms with Crippen molar-refractivity contribution in [2.75, 3.05) is 11.1 Å². The zero-order valence-corrected chi connectivity index (χ0v) is 12.8. The molecule has 0 radical (unpaired) electrons. The van der Waals surface area contributed by atoms with Gasteiger partial charge < -0.3 is 15.6 Å². The molecule has 3 aromatic rings. The summed E-state index contributed by atoms with van der Waals surface area (Å²) in [6, 6.07) is 15.1. The number of carbonyl (C=O) groups excluding carboxylic acids is 1. The summed E-state index contributed by atoms with van der Waals surface area (Å²) in [4.78, 5) is 12.1. The molecule has 0 bridgehead atoms. The van der Waals surface area contributed by atoms with Crippen LogP contribution >= 0.6 is 15.9 Å². The lowest BCUT2D eigenvalue weighted by molar-refractivity contribution is -0.116. The van der Waals surface area contributed by atoms with Gasteiger partial charge in [-0.15, -0.1) is 0 Å². The number of fused-ring (bicyclic) bond motifs is 1. The van der Waals surface area contributed by atoms with Gasteiger partial charge in [0.15, 0.2) is 0 Å². The third-order valence-corrected chi connectivity index (χ3v) is 3.71. The van der Waals surface area contributed by atoms with Gasteiger partial charge in [-0.25, -0.2) is 0 Å². The number of nitrogen functional groups attached to an aromatic ring is 1. The van der Waals surface area contributed by atoms with E-state index < -0.39 is 0 Å². The first-order valence-electron chi connectivity index (χ1n) is 6.51. The molecular formula is C16H14BrN3O. The Labute approximate surface area is 130 Å². The highest BCUT2D eigenvalue weighted by Gasteiger charge is 2.07. The number of nitrogens with one attached hydrogen (secondary N) is 1. The summed E-state index contributed by atoms with van der Waals surface area (Å²) in [5.74, 6) is -0.0824. The van der Waals surface area contributed by atoms with Crippen LogP contribution in [0.1, 0.15) is 0 Å². The highest BCUT2D eigenvalue weighted by atomic mass is 79.9. The molecule has 4 nitrogen and oxygen atoms in total. The summed E-state index contributed by atoms with van der Waals surface area (Å²) in [5.41, 5.74) is 8.06. The van der Waals surface area contributed by atoms with Crippen LogP contribution in [0.2, 0.25) is 0 Å². The highest BCUT2D eigenvalue weighted by molar-refractivity contribution is 9.10. The third-order valence-electron chi connectivity index (χ3n) is 3.22. The molecular weight excluding hydrogens is 330 g/mol. The number of benzene rings is 2. The van der Waals surface area contributed by atoms with Gasteiger partial charge in [-0.1, -0.05) is 22.0 Å². The van der Waals surface area contributed by atoms with Crippen LogP contribution in [0.25, 0.3) is 10.9 Å². The largest absolute Gasteiger partial charge is 0.399 e. The van der Waals surface area contributed by atoms with Crippen molar-refractivity contribution in [3.63, 3.8) is 0 Å². The van der Waals surface area contributed by atoms with E-state index in [9.17, 15) is 4.79 Å². The lowest BCUT2D eigenvalue weighted by Crippen LogP contribution is -2.18. The number of hydrogen-bond acceptors (Lipinski definition) is 2. The highest BCUT2D eigenvalue weighted by Crippen LogP contribution is 2.21. The van der Waals surface area contributed by atoms with Crippen molar-refractivity contribution in [3.8, 4) is 0 Å². The van der Waals surface area contributed by atoms with Crippen LogP contribution in [0.15, 0.2) is 59.2 Å². The Kier molecular flexibility index (Phi) is 3.66. The normalized spacial score (nSPS) is 10.7. The van der Waals surface area contributed by atoms with Gasteiger partial charge >= 0.3 is 0 Å². The van der Waals surface area contributed by atoms with Crippen LogP contribution in [0, 0.1) is 0 Å². The predicted molar refractivity (Wildman–Crippen MR) is 89.1 cm³/mol. The van der Waals surface area contributed by atoms with Crippen molar-refractivity contribution in [3.05, 3.63) is 59.2 Å². The molecule has 1 heterocycles. The van der Waals surface area contributed by atoms with E-state index in [-0.39, 0.29) is 12.5 Å². The molecule has 21 heavy (non-hydrogen) atoms. The van der Waals surface area contributed by atoms with Crippen LogP contribution in [0.4, 0.5) is 11.4 Å². The maximum atomic E-state index is 12.1. The molecule has 5 heteroatoms. The first-order valence-corrected chi connectivity index (χ1v) is 7.31. The molecule has 0 saturated heterocycles. The molecule has 1 aromatic heterocycles. The Morgan fingerprint density at radius 3 is 2.86 bits per heavy atom. The lowest BCUT2D eigenvalue weighted by atomic mass is 10.2. The van der Waals surface area contributed by atoms with Crippen molar-refractivity contribution in [2.45, 2.75) is 6.54 Å².